The summed E-state index contributed by atoms with van der Waals surface area (Å²) in [5.41, 5.74) is 1.22. The zero-order valence-corrected chi connectivity index (χ0v) is 20.9. The Morgan fingerprint density at radius 2 is 2.10 bits per heavy atom. The second kappa shape index (κ2) is 12.7. The number of rotatable bonds is 7. The number of nitrogens with zero attached hydrogens (tertiary/aromatic N) is 3. The molecule has 1 N–H and O–H groups in total. The molecule has 0 spiro atoms. The van der Waals surface area contributed by atoms with Crippen LogP contribution >= 0.6 is 46.9 Å². The van der Waals surface area contributed by atoms with Gasteiger partial charge in [0, 0.05) is 50.2 Å². The Bertz CT molecular complexity index is 753. The summed E-state index contributed by atoms with van der Waals surface area (Å²) in [6.07, 6.45) is 1.02. The molecule has 0 saturated carbocycles. The number of likely N-dealkylation sites (N-methyl/N-ethyl adjacent to an activating group) is 1. The van der Waals surface area contributed by atoms with Crippen LogP contribution in [0.5, 0.6) is 0 Å². The summed E-state index contributed by atoms with van der Waals surface area (Å²) < 4.78 is 5.54. The lowest BCUT2D eigenvalue weighted by molar-refractivity contribution is 0.0169. The predicted octanol–water partition coefficient (Wildman–Crippen LogP) is 4.14. The van der Waals surface area contributed by atoms with E-state index in [1.165, 1.54) is 10.4 Å². The highest BCUT2D eigenvalue weighted by Gasteiger charge is 2.23. The quantitative estimate of drug-likeness (QED) is 0.321. The molecular weight excluding hydrogens is 519 g/mol. The van der Waals surface area contributed by atoms with E-state index < -0.39 is 0 Å². The molecule has 8 heteroatoms. The third kappa shape index (κ3) is 7.40. The van der Waals surface area contributed by atoms with Crippen molar-refractivity contribution in [1.29, 1.82) is 0 Å². The maximum absolute atomic E-state index is 6.26. The van der Waals surface area contributed by atoms with E-state index in [1.807, 2.05) is 19.2 Å². The van der Waals surface area contributed by atoms with Gasteiger partial charge in [0.25, 0.3) is 0 Å². The topological polar surface area (TPSA) is 40.1 Å². The van der Waals surface area contributed by atoms with Crippen LogP contribution in [0.4, 0.5) is 0 Å². The average Bonchev–Trinajstić information content (AvgIpc) is 3.24. The van der Waals surface area contributed by atoms with Gasteiger partial charge in [-0.05, 0) is 35.6 Å². The highest BCUT2D eigenvalue weighted by molar-refractivity contribution is 14.0. The van der Waals surface area contributed by atoms with E-state index in [2.05, 4.69) is 56.8 Å². The number of morpholine rings is 1. The van der Waals surface area contributed by atoms with Gasteiger partial charge in [-0.3, -0.25) is 9.89 Å². The second-order valence-corrected chi connectivity index (χ2v) is 8.37. The Labute approximate surface area is 200 Å². The second-order valence-electron chi connectivity index (χ2n) is 6.90. The fraction of sp³-hybridized carbons (Fsp3) is 0.476. The van der Waals surface area contributed by atoms with E-state index in [0.717, 1.165) is 56.8 Å². The highest BCUT2D eigenvalue weighted by atomic mass is 127. The summed E-state index contributed by atoms with van der Waals surface area (Å²) >= 11 is 8.07. The molecule has 1 unspecified atom stereocenters. The summed E-state index contributed by atoms with van der Waals surface area (Å²) in [5, 5.41) is 6.47. The summed E-state index contributed by atoms with van der Waals surface area (Å²) in [6, 6.07) is 12.7. The Hall–Kier alpha value is -0.870. The van der Waals surface area contributed by atoms with Crippen LogP contribution < -0.4 is 5.32 Å². The number of aliphatic imine (C=N–C) groups is 1. The minimum Gasteiger partial charge on any atom is -0.379 e. The lowest BCUT2D eigenvalue weighted by Crippen LogP contribution is -2.47. The number of hydrogen-bond acceptors (Lipinski definition) is 4. The first-order valence-corrected chi connectivity index (χ1v) is 10.9. The summed E-state index contributed by atoms with van der Waals surface area (Å²) in [4.78, 5) is 10.5. The van der Waals surface area contributed by atoms with Gasteiger partial charge < -0.3 is 15.0 Å². The molecule has 0 amide bonds. The zero-order valence-electron chi connectivity index (χ0n) is 17.0. The Morgan fingerprint density at radius 1 is 1.31 bits per heavy atom. The van der Waals surface area contributed by atoms with Crippen LogP contribution in [0.25, 0.3) is 0 Å². The minimum absolute atomic E-state index is 0. The van der Waals surface area contributed by atoms with Gasteiger partial charge in [0.15, 0.2) is 5.96 Å². The van der Waals surface area contributed by atoms with Crippen molar-refractivity contribution in [3.05, 3.63) is 57.2 Å². The number of ether oxygens (including phenoxy) is 1. The van der Waals surface area contributed by atoms with Gasteiger partial charge in [-0.15, -0.1) is 35.3 Å². The fourth-order valence-electron chi connectivity index (χ4n) is 3.47. The minimum atomic E-state index is 0. The Morgan fingerprint density at radius 3 is 2.76 bits per heavy atom. The maximum atomic E-state index is 6.26. The van der Waals surface area contributed by atoms with Crippen LogP contribution in [0, 0.1) is 0 Å². The molecule has 1 atom stereocenters. The molecule has 1 fully saturated rings. The predicted molar refractivity (Wildman–Crippen MR) is 134 cm³/mol. The van der Waals surface area contributed by atoms with Crippen molar-refractivity contribution in [2.24, 2.45) is 4.99 Å². The molecule has 2 heterocycles. The van der Waals surface area contributed by atoms with Gasteiger partial charge in [0.1, 0.15) is 0 Å². The summed E-state index contributed by atoms with van der Waals surface area (Å²) in [6.45, 7) is 5.09. The third-order valence-electron chi connectivity index (χ3n) is 5.02. The molecular formula is C21H30ClIN4OS. The Kier molecular flexibility index (Phi) is 10.7. The van der Waals surface area contributed by atoms with Crippen molar-refractivity contribution < 1.29 is 4.74 Å². The Balaban J connectivity index is 0.00000300. The van der Waals surface area contributed by atoms with Gasteiger partial charge in [0.2, 0.25) is 0 Å². The van der Waals surface area contributed by atoms with Gasteiger partial charge >= 0.3 is 0 Å². The maximum Gasteiger partial charge on any atom is 0.193 e. The molecule has 3 rings (SSSR count). The normalized spacial score (nSPS) is 16.2. The standard InChI is InChI=1S/C21H29ClN4OS.HI/c1-23-21(25(2)9-8-19-7-4-14-28-19)24-16-20(26-10-12-27-13-11-26)17-5-3-6-18(22)15-17;/h3-7,14-15,20H,8-13,16H2,1-2H3,(H,23,24);1H. The molecule has 0 bridgehead atoms. The smallest absolute Gasteiger partial charge is 0.193 e. The van der Waals surface area contributed by atoms with E-state index in [4.69, 9.17) is 16.3 Å². The van der Waals surface area contributed by atoms with Crippen molar-refractivity contribution in [2.45, 2.75) is 12.5 Å². The van der Waals surface area contributed by atoms with Crippen LogP contribution in [-0.2, 0) is 11.2 Å². The summed E-state index contributed by atoms with van der Waals surface area (Å²) in [7, 11) is 3.93. The van der Waals surface area contributed by atoms with Crippen molar-refractivity contribution in [3.63, 3.8) is 0 Å². The van der Waals surface area contributed by atoms with Crippen LogP contribution in [0.3, 0.4) is 0 Å². The molecule has 160 valence electrons. The van der Waals surface area contributed by atoms with Crippen molar-refractivity contribution in [3.8, 4) is 0 Å². The molecule has 1 aromatic carbocycles. The molecule has 1 saturated heterocycles. The van der Waals surface area contributed by atoms with Crippen molar-refractivity contribution in [2.75, 3.05) is 53.5 Å². The lowest BCUT2D eigenvalue weighted by atomic mass is 10.0. The van der Waals surface area contributed by atoms with Crippen molar-refractivity contribution >= 4 is 52.9 Å². The van der Waals surface area contributed by atoms with E-state index in [1.54, 1.807) is 11.3 Å². The fourth-order valence-corrected chi connectivity index (χ4v) is 4.37. The first-order chi connectivity index (χ1) is 13.7. The number of guanidine groups is 1. The number of halogens is 2. The first-order valence-electron chi connectivity index (χ1n) is 9.69. The van der Waals surface area contributed by atoms with Gasteiger partial charge in [-0.1, -0.05) is 29.8 Å². The van der Waals surface area contributed by atoms with Crippen LogP contribution in [0.15, 0.2) is 46.8 Å². The summed E-state index contributed by atoms with van der Waals surface area (Å²) in [5.74, 6) is 0.914. The number of benzene rings is 1. The zero-order chi connectivity index (χ0) is 19.8. The van der Waals surface area contributed by atoms with E-state index in [0.29, 0.717) is 0 Å². The van der Waals surface area contributed by atoms with Gasteiger partial charge in [-0.25, -0.2) is 0 Å². The highest BCUT2D eigenvalue weighted by Crippen LogP contribution is 2.24. The third-order valence-corrected chi connectivity index (χ3v) is 6.19. The molecule has 1 aliphatic heterocycles. The average molecular weight is 549 g/mol. The van der Waals surface area contributed by atoms with Crippen LogP contribution in [0.1, 0.15) is 16.5 Å². The SMILES string of the molecule is CN=C(NCC(c1cccc(Cl)c1)N1CCOCC1)N(C)CCc1cccs1.I. The van der Waals surface area contributed by atoms with Gasteiger partial charge in [-0.2, -0.15) is 0 Å². The van der Waals surface area contributed by atoms with E-state index in [9.17, 15) is 0 Å². The molecule has 1 aromatic heterocycles. The van der Waals surface area contributed by atoms with Gasteiger partial charge in [0.05, 0.1) is 19.3 Å². The van der Waals surface area contributed by atoms with Crippen LogP contribution in [-0.4, -0.2) is 69.2 Å². The van der Waals surface area contributed by atoms with E-state index >= 15 is 0 Å². The molecule has 0 aliphatic carbocycles. The van der Waals surface area contributed by atoms with E-state index in [-0.39, 0.29) is 30.0 Å². The molecule has 0 radical (unpaired) electrons. The largest absolute Gasteiger partial charge is 0.379 e. The monoisotopic (exact) mass is 548 g/mol. The molecule has 1 aliphatic rings. The molecule has 2 aromatic rings. The molecule has 5 nitrogen and oxygen atoms in total. The van der Waals surface area contributed by atoms with Crippen LogP contribution in [0.2, 0.25) is 5.02 Å². The first kappa shape index (κ1) is 24.4. The lowest BCUT2D eigenvalue weighted by Gasteiger charge is -2.35. The number of nitrogens with one attached hydrogen (secondary N) is 1. The number of hydrogen-bond donors (Lipinski definition) is 1. The number of thiophene rings is 1. The molecule has 29 heavy (non-hydrogen) atoms. The van der Waals surface area contributed by atoms with Crippen molar-refractivity contribution in [1.82, 2.24) is 15.1 Å².